The number of hydrogen-bond acceptors (Lipinski definition) is 2. The standard InChI is InChI=1S/C22H30O2/c1-4-14-12-22(3)19(13(2)23)9-10-20(22)18-7-5-15-11-16(24)6-8-17(15)21(14)18/h4,11,13-14,18-20,23H,1,5-10,12H2,2-3H3/t13-,14-,18-,19-,20+,22+/m0/s1. The van der Waals surface area contributed by atoms with Crippen LogP contribution >= 0.6 is 0 Å². The lowest BCUT2D eigenvalue weighted by atomic mass is 9.52. The quantitative estimate of drug-likeness (QED) is 0.753. The molecule has 4 aliphatic carbocycles. The summed E-state index contributed by atoms with van der Waals surface area (Å²) in [4.78, 5) is 11.8. The van der Waals surface area contributed by atoms with Crippen molar-refractivity contribution in [3.63, 3.8) is 0 Å². The van der Waals surface area contributed by atoms with Crippen LogP contribution in [0, 0.1) is 29.1 Å². The van der Waals surface area contributed by atoms with E-state index in [1.54, 1.807) is 5.57 Å². The number of fused-ring (bicyclic) bond motifs is 4. The molecule has 4 rings (SSSR count). The van der Waals surface area contributed by atoms with Gasteiger partial charge in [0.15, 0.2) is 5.78 Å². The van der Waals surface area contributed by atoms with Gasteiger partial charge in [-0.25, -0.2) is 0 Å². The lowest BCUT2D eigenvalue weighted by molar-refractivity contribution is -0.114. The summed E-state index contributed by atoms with van der Waals surface area (Å²) in [5.74, 6) is 2.47. The van der Waals surface area contributed by atoms with E-state index in [4.69, 9.17) is 0 Å². The number of allylic oxidation sites excluding steroid dienone is 5. The van der Waals surface area contributed by atoms with Gasteiger partial charge in [-0.05, 0) is 91.8 Å². The minimum Gasteiger partial charge on any atom is -0.393 e. The van der Waals surface area contributed by atoms with Gasteiger partial charge in [-0.2, -0.15) is 0 Å². The van der Waals surface area contributed by atoms with E-state index in [2.05, 4.69) is 19.6 Å². The van der Waals surface area contributed by atoms with Crippen LogP contribution < -0.4 is 0 Å². The van der Waals surface area contributed by atoms with Gasteiger partial charge in [-0.3, -0.25) is 4.79 Å². The molecule has 4 aliphatic rings. The van der Waals surface area contributed by atoms with Crippen LogP contribution in [-0.4, -0.2) is 17.0 Å². The second-order valence-corrected chi connectivity index (χ2v) is 8.80. The van der Waals surface area contributed by atoms with E-state index in [-0.39, 0.29) is 11.5 Å². The first kappa shape index (κ1) is 16.3. The average molecular weight is 326 g/mol. The molecule has 0 radical (unpaired) electrons. The fraction of sp³-hybridized carbons (Fsp3) is 0.682. The molecule has 2 nitrogen and oxygen atoms in total. The molecule has 1 N–H and O–H groups in total. The zero-order valence-electron chi connectivity index (χ0n) is 15.1. The molecule has 2 saturated carbocycles. The van der Waals surface area contributed by atoms with Crippen LogP contribution in [-0.2, 0) is 4.79 Å². The molecular formula is C22H30O2. The highest BCUT2D eigenvalue weighted by Gasteiger charge is 2.56. The molecule has 0 aromatic heterocycles. The van der Waals surface area contributed by atoms with Gasteiger partial charge in [0.25, 0.3) is 0 Å². The van der Waals surface area contributed by atoms with Crippen molar-refractivity contribution in [2.75, 3.05) is 0 Å². The number of ketones is 1. The minimum absolute atomic E-state index is 0.217. The highest BCUT2D eigenvalue weighted by molar-refractivity contribution is 5.93. The van der Waals surface area contributed by atoms with Crippen molar-refractivity contribution < 1.29 is 9.90 Å². The molecule has 0 unspecified atom stereocenters. The van der Waals surface area contributed by atoms with Gasteiger partial charge < -0.3 is 5.11 Å². The van der Waals surface area contributed by atoms with Crippen molar-refractivity contribution in [2.45, 2.75) is 64.9 Å². The molecule has 6 atom stereocenters. The number of rotatable bonds is 2. The Morgan fingerprint density at radius 2 is 2.08 bits per heavy atom. The lowest BCUT2D eigenvalue weighted by Gasteiger charge is -2.52. The molecule has 2 heteroatoms. The van der Waals surface area contributed by atoms with Crippen molar-refractivity contribution in [1.82, 2.24) is 0 Å². The van der Waals surface area contributed by atoms with Crippen molar-refractivity contribution in [3.8, 4) is 0 Å². The maximum atomic E-state index is 11.8. The maximum Gasteiger partial charge on any atom is 0.156 e. The van der Waals surface area contributed by atoms with Crippen molar-refractivity contribution in [3.05, 3.63) is 35.5 Å². The number of carbonyl (C=O) groups is 1. The molecule has 0 bridgehead atoms. The number of carbonyl (C=O) groups excluding carboxylic acids is 1. The smallest absolute Gasteiger partial charge is 0.156 e. The fourth-order valence-corrected chi connectivity index (χ4v) is 6.77. The van der Waals surface area contributed by atoms with Crippen LogP contribution in [0.2, 0.25) is 0 Å². The van der Waals surface area contributed by atoms with E-state index in [1.165, 1.54) is 24.0 Å². The predicted octanol–water partition coefficient (Wildman–Crippen LogP) is 4.60. The van der Waals surface area contributed by atoms with Crippen LogP contribution in [0.3, 0.4) is 0 Å². The summed E-state index contributed by atoms with van der Waals surface area (Å²) in [7, 11) is 0. The second-order valence-electron chi connectivity index (χ2n) is 8.80. The number of aliphatic hydroxyl groups is 1. The first-order valence-electron chi connectivity index (χ1n) is 9.73. The van der Waals surface area contributed by atoms with Crippen LogP contribution in [0.1, 0.15) is 58.8 Å². The van der Waals surface area contributed by atoms with Crippen molar-refractivity contribution in [1.29, 1.82) is 0 Å². The molecule has 0 saturated heterocycles. The summed E-state index contributed by atoms with van der Waals surface area (Å²) in [6.07, 6.45) is 11.2. The average Bonchev–Trinajstić information content (AvgIpc) is 2.90. The molecule has 2 fully saturated rings. The number of aliphatic hydroxyl groups excluding tert-OH is 1. The fourth-order valence-electron chi connectivity index (χ4n) is 6.77. The van der Waals surface area contributed by atoms with Crippen LogP contribution in [0.25, 0.3) is 0 Å². The van der Waals surface area contributed by atoms with E-state index >= 15 is 0 Å². The Morgan fingerprint density at radius 3 is 2.79 bits per heavy atom. The van der Waals surface area contributed by atoms with Gasteiger partial charge in [-0.1, -0.05) is 18.6 Å². The van der Waals surface area contributed by atoms with Gasteiger partial charge >= 0.3 is 0 Å². The Labute approximate surface area is 145 Å². The SMILES string of the molecule is C=C[C@H]1C[C@@]2(C)[C@H](CC[C@H]2[C@H](C)O)[C@@H]2CCC3=CC(=O)CCC3=C21. The minimum atomic E-state index is -0.217. The summed E-state index contributed by atoms with van der Waals surface area (Å²) < 4.78 is 0. The molecule has 0 aliphatic heterocycles. The molecule has 0 amide bonds. The summed E-state index contributed by atoms with van der Waals surface area (Å²) in [6.45, 7) is 8.56. The number of hydrogen-bond donors (Lipinski definition) is 1. The highest BCUT2D eigenvalue weighted by atomic mass is 16.3. The van der Waals surface area contributed by atoms with Gasteiger partial charge in [-0.15, -0.1) is 6.58 Å². The van der Waals surface area contributed by atoms with Gasteiger partial charge in [0.1, 0.15) is 0 Å². The zero-order chi connectivity index (χ0) is 17.1. The van der Waals surface area contributed by atoms with E-state index in [9.17, 15) is 9.90 Å². The first-order valence-corrected chi connectivity index (χ1v) is 9.73. The Kier molecular flexibility index (Phi) is 3.87. The Hall–Kier alpha value is -1.15. The second kappa shape index (κ2) is 5.69. The molecule has 0 aromatic rings. The molecule has 130 valence electrons. The summed E-state index contributed by atoms with van der Waals surface area (Å²) >= 11 is 0. The summed E-state index contributed by atoms with van der Waals surface area (Å²) in [6, 6.07) is 0. The monoisotopic (exact) mass is 326 g/mol. The third-order valence-electron chi connectivity index (χ3n) is 7.71. The van der Waals surface area contributed by atoms with Crippen LogP contribution in [0.4, 0.5) is 0 Å². The van der Waals surface area contributed by atoms with Crippen molar-refractivity contribution >= 4 is 5.78 Å². The van der Waals surface area contributed by atoms with E-state index in [1.807, 2.05) is 13.0 Å². The Bertz CT molecular complexity index is 638. The van der Waals surface area contributed by atoms with Gasteiger partial charge in [0.05, 0.1) is 6.10 Å². The maximum absolute atomic E-state index is 11.8. The normalized spacial score (nSPS) is 42.8. The van der Waals surface area contributed by atoms with Crippen LogP contribution in [0.15, 0.2) is 35.5 Å². The highest BCUT2D eigenvalue weighted by Crippen LogP contribution is 2.64. The van der Waals surface area contributed by atoms with E-state index in [0.29, 0.717) is 35.9 Å². The first-order chi connectivity index (χ1) is 11.5. The molecule has 0 aromatic carbocycles. The summed E-state index contributed by atoms with van der Waals surface area (Å²) in [5, 5.41) is 10.3. The third kappa shape index (κ3) is 2.22. The molecule has 24 heavy (non-hydrogen) atoms. The lowest BCUT2D eigenvalue weighted by Crippen LogP contribution is -2.45. The molecule has 0 heterocycles. The predicted molar refractivity (Wildman–Crippen MR) is 96.4 cm³/mol. The third-order valence-corrected chi connectivity index (χ3v) is 7.71. The van der Waals surface area contributed by atoms with Crippen molar-refractivity contribution in [2.24, 2.45) is 29.1 Å². The van der Waals surface area contributed by atoms with E-state index in [0.717, 1.165) is 25.7 Å². The topological polar surface area (TPSA) is 37.3 Å². The van der Waals surface area contributed by atoms with Gasteiger partial charge in [0.2, 0.25) is 0 Å². The Balaban J connectivity index is 1.79. The van der Waals surface area contributed by atoms with E-state index < -0.39 is 0 Å². The largest absolute Gasteiger partial charge is 0.393 e. The molecule has 0 spiro atoms. The summed E-state index contributed by atoms with van der Waals surface area (Å²) in [5.41, 5.74) is 4.66. The van der Waals surface area contributed by atoms with Crippen LogP contribution in [0.5, 0.6) is 0 Å². The van der Waals surface area contributed by atoms with Gasteiger partial charge in [0, 0.05) is 6.42 Å². The Morgan fingerprint density at radius 1 is 1.29 bits per heavy atom. The molecular weight excluding hydrogens is 296 g/mol. The zero-order valence-corrected chi connectivity index (χ0v) is 15.1.